The van der Waals surface area contributed by atoms with Crippen LogP contribution in [0.5, 0.6) is 0 Å². The molecule has 0 aliphatic heterocycles. The molecule has 0 spiro atoms. The molecule has 0 saturated carbocycles. The minimum atomic E-state index is -0.816. The maximum absolute atomic E-state index is 10.8. The molecule has 0 unspecified atom stereocenters. The largest absolute Gasteiger partial charge is 0.460 e. The zero-order chi connectivity index (χ0) is 9.56. The SMILES string of the molecule is C=C(C(=O)NC)C(=O)OCCO. The predicted octanol–water partition coefficient (Wildman–Crippen LogP) is -1.18. The molecule has 0 saturated heterocycles. The van der Waals surface area contributed by atoms with Crippen molar-refractivity contribution < 1.29 is 19.4 Å². The third kappa shape index (κ3) is 3.16. The van der Waals surface area contributed by atoms with E-state index >= 15 is 0 Å². The van der Waals surface area contributed by atoms with E-state index in [2.05, 4.69) is 16.6 Å². The lowest BCUT2D eigenvalue weighted by Gasteiger charge is -2.03. The first-order valence-electron chi connectivity index (χ1n) is 3.32. The Morgan fingerprint density at radius 1 is 1.58 bits per heavy atom. The van der Waals surface area contributed by atoms with Crippen LogP contribution in [-0.2, 0) is 14.3 Å². The highest BCUT2D eigenvalue weighted by Crippen LogP contribution is 1.93. The van der Waals surface area contributed by atoms with Crippen molar-refractivity contribution in [2.24, 2.45) is 0 Å². The standard InChI is InChI=1S/C7H11NO4/c1-5(6(10)8-2)7(11)12-4-3-9/h9H,1,3-4H2,2H3,(H,8,10). The average Bonchev–Trinajstić information content (AvgIpc) is 2.11. The molecule has 0 bridgehead atoms. The summed E-state index contributed by atoms with van der Waals surface area (Å²) in [4.78, 5) is 21.6. The molecule has 0 aromatic rings. The van der Waals surface area contributed by atoms with E-state index < -0.39 is 11.9 Å². The zero-order valence-corrected chi connectivity index (χ0v) is 6.79. The number of amides is 1. The molecule has 5 nitrogen and oxygen atoms in total. The fraction of sp³-hybridized carbons (Fsp3) is 0.429. The molecule has 0 radical (unpaired) electrons. The number of ether oxygens (including phenoxy) is 1. The quantitative estimate of drug-likeness (QED) is 0.243. The number of likely N-dealkylation sites (N-methyl/N-ethyl adjacent to an activating group) is 1. The van der Waals surface area contributed by atoms with Gasteiger partial charge in [0.1, 0.15) is 12.2 Å². The van der Waals surface area contributed by atoms with Crippen molar-refractivity contribution in [1.29, 1.82) is 0 Å². The molecule has 0 rings (SSSR count). The van der Waals surface area contributed by atoms with Gasteiger partial charge in [0.25, 0.3) is 5.91 Å². The average molecular weight is 173 g/mol. The molecule has 0 aliphatic carbocycles. The van der Waals surface area contributed by atoms with Crippen molar-refractivity contribution in [3.8, 4) is 0 Å². The number of carbonyl (C=O) groups is 2. The summed E-state index contributed by atoms with van der Waals surface area (Å²) in [7, 11) is 1.38. The number of aliphatic hydroxyl groups excluding tert-OH is 1. The summed E-state index contributed by atoms with van der Waals surface area (Å²) in [6, 6.07) is 0. The Morgan fingerprint density at radius 3 is 2.58 bits per heavy atom. The first-order valence-corrected chi connectivity index (χ1v) is 3.32. The molecule has 68 valence electrons. The van der Waals surface area contributed by atoms with E-state index in [4.69, 9.17) is 5.11 Å². The lowest BCUT2D eigenvalue weighted by Crippen LogP contribution is -2.25. The van der Waals surface area contributed by atoms with Crippen molar-refractivity contribution in [1.82, 2.24) is 5.32 Å². The Hall–Kier alpha value is -1.36. The molecule has 0 atom stereocenters. The van der Waals surface area contributed by atoms with Crippen LogP contribution in [0.25, 0.3) is 0 Å². The summed E-state index contributed by atoms with van der Waals surface area (Å²) >= 11 is 0. The van der Waals surface area contributed by atoms with E-state index in [0.29, 0.717) is 0 Å². The Labute approximate surface area is 70.0 Å². The van der Waals surface area contributed by atoms with Gasteiger partial charge in [0.15, 0.2) is 0 Å². The summed E-state index contributed by atoms with van der Waals surface area (Å²) in [6.07, 6.45) is 0. The highest BCUT2D eigenvalue weighted by atomic mass is 16.5. The van der Waals surface area contributed by atoms with Gasteiger partial charge in [-0.25, -0.2) is 4.79 Å². The van der Waals surface area contributed by atoms with Crippen molar-refractivity contribution in [3.05, 3.63) is 12.2 Å². The summed E-state index contributed by atoms with van der Waals surface area (Å²) in [6.45, 7) is 2.81. The van der Waals surface area contributed by atoms with Crippen molar-refractivity contribution in [2.45, 2.75) is 0 Å². The van der Waals surface area contributed by atoms with E-state index in [-0.39, 0.29) is 18.8 Å². The Morgan fingerprint density at radius 2 is 2.17 bits per heavy atom. The normalized spacial score (nSPS) is 8.83. The highest BCUT2D eigenvalue weighted by molar-refractivity contribution is 6.15. The second-order valence-electron chi connectivity index (χ2n) is 1.92. The van der Waals surface area contributed by atoms with Gasteiger partial charge in [-0.05, 0) is 0 Å². The molecule has 0 aromatic carbocycles. The van der Waals surface area contributed by atoms with Gasteiger partial charge < -0.3 is 15.2 Å². The third-order valence-electron chi connectivity index (χ3n) is 1.07. The minimum absolute atomic E-state index is 0.130. The van der Waals surface area contributed by atoms with Crippen LogP contribution in [0.15, 0.2) is 12.2 Å². The lowest BCUT2D eigenvalue weighted by molar-refractivity contribution is -0.141. The molecule has 2 N–H and O–H groups in total. The van der Waals surface area contributed by atoms with E-state index in [9.17, 15) is 9.59 Å². The topological polar surface area (TPSA) is 75.6 Å². The number of aliphatic hydroxyl groups is 1. The van der Waals surface area contributed by atoms with E-state index in [0.717, 1.165) is 0 Å². The van der Waals surface area contributed by atoms with E-state index in [1.807, 2.05) is 0 Å². The second kappa shape index (κ2) is 5.31. The summed E-state index contributed by atoms with van der Waals surface area (Å²) < 4.78 is 4.43. The second-order valence-corrected chi connectivity index (χ2v) is 1.92. The zero-order valence-electron chi connectivity index (χ0n) is 6.79. The maximum Gasteiger partial charge on any atom is 0.343 e. The molecule has 0 aliphatic rings. The number of nitrogens with one attached hydrogen (secondary N) is 1. The predicted molar refractivity (Wildman–Crippen MR) is 41.3 cm³/mol. The van der Waals surface area contributed by atoms with Crippen LogP contribution in [0, 0.1) is 0 Å². The molecule has 0 fully saturated rings. The molecule has 0 aromatic heterocycles. The van der Waals surface area contributed by atoms with Crippen LogP contribution >= 0.6 is 0 Å². The molecular weight excluding hydrogens is 162 g/mol. The van der Waals surface area contributed by atoms with Crippen molar-refractivity contribution in [2.75, 3.05) is 20.3 Å². The molecule has 0 heterocycles. The van der Waals surface area contributed by atoms with Crippen molar-refractivity contribution in [3.63, 3.8) is 0 Å². The first-order chi connectivity index (χ1) is 5.63. The van der Waals surface area contributed by atoms with E-state index in [1.54, 1.807) is 0 Å². The smallest absolute Gasteiger partial charge is 0.343 e. The Bertz CT molecular complexity index is 200. The number of rotatable bonds is 4. The van der Waals surface area contributed by atoms with Gasteiger partial charge >= 0.3 is 5.97 Å². The van der Waals surface area contributed by atoms with E-state index in [1.165, 1.54) is 7.05 Å². The Kier molecular flexibility index (Phi) is 4.71. The highest BCUT2D eigenvalue weighted by Gasteiger charge is 2.14. The van der Waals surface area contributed by atoms with Gasteiger partial charge in [-0.2, -0.15) is 0 Å². The summed E-state index contributed by atoms with van der Waals surface area (Å²) in [5.41, 5.74) is -0.272. The van der Waals surface area contributed by atoms with Crippen LogP contribution in [0.2, 0.25) is 0 Å². The van der Waals surface area contributed by atoms with Gasteiger partial charge in [0, 0.05) is 7.05 Å². The fourth-order valence-electron chi connectivity index (χ4n) is 0.469. The van der Waals surface area contributed by atoms with Crippen LogP contribution in [0.1, 0.15) is 0 Å². The van der Waals surface area contributed by atoms with Crippen molar-refractivity contribution >= 4 is 11.9 Å². The van der Waals surface area contributed by atoms with Gasteiger partial charge in [-0.3, -0.25) is 4.79 Å². The number of carbonyl (C=O) groups excluding carboxylic acids is 2. The van der Waals surface area contributed by atoms with Crippen LogP contribution in [-0.4, -0.2) is 37.2 Å². The molecular formula is C7H11NO4. The van der Waals surface area contributed by atoms with Gasteiger partial charge in [0.05, 0.1) is 6.61 Å². The van der Waals surface area contributed by atoms with Crippen LogP contribution < -0.4 is 5.32 Å². The lowest BCUT2D eigenvalue weighted by atomic mass is 10.3. The number of esters is 1. The minimum Gasteiger partial charge on any atom is -0.460 e. The van der Waals surface area contributed by atoms with Gasteiger partial charge in [0.2, 0.25) is 0 Å². The van der Waals surface area contributed by atoms with Crippen LogP contribution in [0.3, 0.4) is 0 Å². The van der Waals surface area contributed by atoms with Gasteiger partial charge in [-0.1, -0.05) is 6.58 Å². The van der Waals surface area contributed by atoms with Crippen LogP contribution in [0.4, 0.5) is 0 Å². The summed E-state index contributed by atoms with van der Waals surface area (Å²) in [5, 5.41) is 10.5. The maximum atomic E-state index is 10.8. The number of hydrogen-bond acceptors (Lipinski definition) is 4. The molecule has 12 heavy (non-hydrogen) atoms. The van der Waals surface area contributed by atoms with Gasteiger partial charge in [-0.15, -0.1) is 0 Å². The summed E-state index contributed by atoms with van der Waals surface area (Å²) in [5.74, 6) is -1.40. The monoisotopic (exact) mass is 173 g/mol. The number of hydrogen-bond donors (Lipinski definition) is 2. The molecule has 5 heteroatoms. The Balaban J connectivity index is 3.93. The fourth-order valence-corrected chi connectivity index (χ4v) is 0.469. The first kappa shape index (κ1) is 10.6. The molecule has 1 amide bonds. The third-order valence-corrected chi connectivity index (χ3v) is 1.07.